The van der Waals surface area contributed by atoms with Crippen LogP contribution >= 0.6 is 0 Å². The number of halogens is 1. The quantitative estimate of drug-likeness (QED) is 0.701. The van der Waals surface area contributed by atoms with Gasteiger partial charge in [0.1, 0.15) is 0 Å². The second-order valence-electron chi connectivity index (χ2n) is 4.25. The molecule has 2 rings (SSSR count). The van der Waals surface area contributed by atoms with Gasteiger partial charge in [-0.3, -0.25) is 9.69 Å². The molecule has 3 nitrogen and oxygen atoms in total. The Morgan fingerprint density at radius 2 is 1.82 bits per heavy atom. The van der Waals surface area contributed by atoms with Gasteiger partial charge in [-0.25, -0.2) is 0 Å². The Kier molecular flexibility index (Phi) is 6.01. The summed E-state index contributed by atoms with van der Waals surface area (Å²) in [6.45, 7) is 3.32. The van der Waals surface area contributed by atoms with Crippen molar-refractivity contribution in [1.82, 2.24) is 10.2 Å². The Morgan fingerprint density at radius 1 is 1.18 bits per heavy atom. The van der Waals surface area contributed by atoms with E-state index in [1.54, 1.807) is 0 Å². The molecule has 0 saturated carbocycles. The van der Waals surface area contributed by atoms with Crippen LogP contribution in [-0.2, 0) is 11.3 Å². The molecular formula is C13H18ClN2O-. The molecule has 1 heterocycles. The molecule has 1 aromatic carbocycles. The molecule has 0 atom stereocenters. The van der Waals surface area contributed by atoms with Crippen LogP contribution in [0.3, 0.4) is 0 Å². The molecule has 1 amide bonds. The van der Waals surface area contributed by atoms with Gasteiger partial charge in [0.25, 0.3) is 0 Å². The van der Waals surface area contributed by atoms with Gasteiger partial charge in [0.15, 0.2) is 0 Å². The molecule has 17 heavy (non-hydrogen) atoms. The van der Waals surface area contributed by atoms with Crippen molar-refractivity contribution in [2.24, 2.45) is 0 Å². The molecule has 0 radical (unpaired) electrons. The number of benzene rings is 1. The summed E-state index contributed by atoms with van der Waals surface area (Å²) in [6, 6.07) is 10.0. The van der Waals surface area contributed by atoms with Crippen LogP contribution in [0.5, 0.6) is 0 Å². The fourth-order valence-corrected chi connectivity index (χ4v) is 2.00. The minimum atomic E-state index is 0. The van der Waals surface area contributed by atoms with Crippen molar-refractivity contribution >= 4 is 5.91 Å². The lowest BCUT2D eigenvalue weighted by Crippen LogP contribution is -3.00. The van der Waals surface area contributed by atoms with Crippen molar-refractivity contribution in [1.29, 1.82) is 0 Å². The zero-order valence-electron chi connectivity index (χ0n) is 9.86. The Balaban J connectivity index is 0.00000144. The first-order valence-corrected chi connectivity index (χ1v) is 5.87. The van der Waals surface area contributed by atoms with Crippen LogP contribution in [0.4, 0.5) is 0 Å². The molecule has 0 spiro atoms. The highest BCUT2D eigenvalue weighted by atomic mass is 35.5. The molecule has 0 aliphatic carbocycles. The summed E-state index contributed by atoms with van der Waals surface area (Å²) in [6.07, 6.45) is 2.46. The number of carbonyl (C=O) groups is 1. The van der Waals surface area contributed by atoms with E-state index in [2.05, 4.69) is 10.2 Å². The number of nitrogens with one attached hydrogen (secondary N) is 1. The van der Waals surface area contributed by atoms with Gasteiger partial charge in [0.05, 0.1) is 6.54 Å². The van der Waals surface area contributed by atoms with Gasteiger partial charge in [-0.15, -0.1) is 0 Å². The van der Waals surface area contributed by atoms with E-state index in [4.69, 9.17) is 0 Å². The molecule has 1 fully saturated rings. The maximum Gasteiger partial charge on any atom is 0.234 e. The normalized spacial score (nSPS) is 15.3. The molecule has 0 aromatic heterocycles. The highest BCUT2D eigenvalue weighted by Crippen LogP contribution is 2.06. The van der Waals surface area contributed by atoms with Crippen LogP contribution in [0.2, 0.25) is 0 Å². The van der Waals surface area contributed by atoms with E-state index in [0.29, 0.717) is 13.1 Å². The Hall–Kier alpha value is -1.06. The Bertz CT molecular complexity index is 337. The highest BCUT2D eigenvalue weighted by molar-refractivity contribution is 5.78. The predicted molar refractivity (Wildman–Crippen MR) is 64.0 cm³/mol. The number of likely N-dealkylation sites (tertiary alicyclic amines) is 1. The van der Waals surface area contributed by atoms with Gasteiger partial charge in [0.2, 0.25) is 5.91 Å². The molecule has 0 unspecified atom stereocenters. The fraction of sp³-hybridized carbons (Fsp3) is 0.462. The maximum absolute atomic E-state index is 11.6. The topological polar surface area (TPSA) is 32.3 Å². The van der Waals surface area contributed by atoms with Gasteiger partial charge in [0, 0.05) is 6.54 Å². The monoisotopic (exact) mass is 253 g/mol. The molecule has 94 valence electrons. The molecule has 1 N–H and O–H groups in total. The standard InChI is InChI=1S/C13H18N2O.ClH/c16-13(11-15-8-4-5-9-15)14-10-12-6-2-1-3-7-12;/h1-3,6-7H,4-5,8-11H2,(H,14,16);1H/p-1. The molecule has 1 aliphatic rings. The third-order valence-corrected chi connectivity index (χ3v) is 2.90. The third kappa shape index (κ3) is 4.75. The zero-order valence-corrected chi connectivity index (χ0v) is 10.6. The summed E-state index contributed by atoms with van der Waals surface area (Å²) in [4.78, 5) is 13.8. The fourth-order valence-electron chi connectivity index (χ4n) is 2.00. The molecule has 0 bridgehead atoms. The van der Waals surface area contributed by atoms with Gasteiger partial charge < -0.3 is 17.7 Å². The Morgan fingerprint density at radius 3 is 2.47 bits per heavy atom. The summed E-state index contributed by atoms with van der Waals surface area (Å²) < 4.78 is 0. The minimum absolute atomic E-state index is 0. The van der Waals surface area contributed by atoms with Crippen molar-refractivity contribution in [2.45, 2.75) is 19.4 Å². The van der Waals surface area contributed by atoms with Gasteiger partial charge in [-0.1, -0.05) is 30.3 Å². The average Bonchev–Trinajstić information content (AvgIpc) is 2.81. The maximum atomic E-state index is 11.6. The lowest BCUT2D eigenvalue weighted by Gasteiger charge is -2.13. The molecule has 1 saturated heterocycles. The van der Waals surface area contributed by atoms with Crippen molar-refractivity contribution in [3.63, 3.8) is 0 Å². The van der Waals surface area contributed by atoms with Crippen LogP contribution in [0.25, 0.3) is 0 Å². The van der Waals surface area contributed by atoms with E-state index < -0.39 is 0 Å². The number of hydrogen-bond donors (Lipinski definition) is 1. The lowest BCUT2D eigenvalue weighted by molar-refractivity contribution is -0.122. The van der Waals surface area contributed by atoms with Crippen molar-refractivity contribution < 1.29 is 17.2 Å². The molecule has 1 aliphatic heterocycles. The van der Waals surface area contributed by atoms with Gasteiger partial charge in [-0.05, 0) is 31.5 Å². The average molecular weight is 254 g/mol. The number of rotatable bonds is 4. The first-order chi connectivity index (χ1) is 7.84. The largest absolute Gasteiger partial charge is 1.00 e. The molecule has 4 heteroatoms. The number of hydrogen-bond acceptors (Lipinski definition) is 2. The summed E-state index contributed by atoms with van der Waals surface area (Å²) in [5, 5.41) is 2.95. The summed E-state index contributed by atoms with van der Waals surface area (Å²) in [5.74, 6) is 0.130. The van der Waals surface area contributed by atoms with Crippen LogP contribution in [-0.4, -0.2) is 30.4 Å². The van der Waals surface area contributed by atoms with E-state index in [1.807, 2.05) is 30.3 Å². The Labute approximate surface area is 109 Å². The van der Waals surface area contributed by atoms with Crippen molar-refractivity contribution in [3.8, 4) is 0 Å². The molecular weight excluding hydrogens is 236 g/mol. The van der Waals surface area contributed by atoms with Crippen LogP contribution in [0.15, 0.2) is 30.3 Å². The third-order valence-electron chi connectivity index (χ3n) is 2.90. The highest BCUT2D eigenvalue weighted by Gasteiger charge is 2.14. The number of carbonyl (C=O) groups excluding carboxylic acids is 1. The van der Waals surface area contributed by atoms with Crippen LogP contribution < -0.4 is 17.7 Å². The van der Waals surface area contributed by atoms with Crippen LogP contribution in [0.1, 0.15) is 18.4 Å². The van der Waals surface area contributed by atoms with E-state index >= 15 is 0 Å². The van der Waals surface area contributed by atoms with E-state index in [-0.39, 0.29) is 18.3 Å². The second kappa shape index (κ2) is 7.30. The van der Waals surface area contributed by atoms with Gasteiger partial charge in [-0.2, -0.15) is 0 Å². The second-order valence-corrected chi connectivity index (χ2v) is 4.25. The van der Waals surface area contributed by atoms with Crippen molar-refractivity contribution in [3.05, 3.63) is 35.9 Å². The summed E-state index contributed by atoms with van der Waals surface area (Å²) in [5.41, 5.74) is 1.15. The number of amides is 1. The minimum Gasteiger partial charge on any atom is -1.00 e. The van der Waals surface area contributed by atoms with E-state index in [9.17, 15) is 4.79 Å². The summed E-state index contributed by atoms with van der Waals surface area (Å²) >= 11 is 0. The van der Waals surface area contributed by atoms with E-state index in [0.717, 1.165) is 18.7 Å². The van der Waals surface area contributed by atoms with Gasteiger partial charge >= 0.3 is 0 Å². The van der Waals surface area contributed by atoms with Crippen LogP contribution in [0, 0.1) is 0 Å². The smallest absolute Gasteiger partial charge is 0.234 e. The zero-order chi connectivity index (χ0) is 11.2. The number of nitrogens with zero attached hydrogens (tertiary/aromatic N) is 1. The SMILES string of the molecule is O=C(CN1CCCC1)NCc1ccccc1.[Cl-]. The summed E-state index contributed by atoms with van der Waals surface area (Å²) in [7, 11) is 0. The van der Waals surface area contributed by atoms with Crippen molar-refractivity contribution in [2.75, 3.05) is 19.6 Å². The lowest BCUT2D eigenvalue weighted by atomic mass is 10.2. The van der Waals surface area contributed by atoms with E-state index in [1.165, 1.54) is 12.8 Å². The first kappa shape index (κ1) is 14.0. The molecule has 1 aromatic rings. The predicted octanol–water partition coefficient (Wildman–Crippen LogP) is -1.60. The first-order valence-electron chi connectivity index (χ1n) is 5.87.